The van der Waals surface area contributed by atoms with Gasteiger partial charge in [-0.3, -0.25) is 14.3 Å². The number of nitrogens with one attached hydrogen (secondary N) is 1. The summed E-state index contributed by atoms with van der Waals surface area (Å²) < 4.78 is 2.20. The zero-order valence-corrected chi connectivity index (χ0v) is 23.0. The Bertz CT molecular complexity index is 1410. The Morgan fingerprint density at radius 2 is 1.78 bits per heavy atom. The Hall–Kier alpha value is -2.84. The fraction of sp³-hybridized carbons (Fsp3) is 0.310. The monoisotopic (exact) mass is 533 g/mol. The van der Waals surface area contributed by atoms with E-state index in [0.29, 0.717) is 10.7 Å². The number of benzene rings is 3. The molecule has 1 N–H and O–H groups in total. The van der Waals surface area contributed by atoms with Crippen molar-refractivity contribution in [2.24, 2.45) is 0 Å². The smallest absolute Gasteiger partial charge is 0.237 e. The summed E-state index contributed by atoms with van der Waals surface area (Å²) in [4.78, 5) is 23.0. The molecule has 1 aliphatic heterocycles. The van der Waals surface area contributed by atoms with Gasteiger partial charge in [0.2, 0.25) is 5.91 Å². The van der Waals surface area contributed by atoms with E-state index in [1.807, 2.05) is 50.2 Å². The molecule has 37 heavy (non-hydrogen) atoms. The molecule has 0 spiro atoms. The summed E-state index contributed by atoms with van der Waals surface area (Å²) in [5.74, 6) is -0.111. The Morgan fingerprint density at radius 3 is 2.57 bits per heavy atom. The van der Waals surface area contributed by atoms with Crippen LogP contribution in [0.2, 0.25) is 5.02 Å². The fourth-order valence-corrected chi connectivity index (χ4v) is 5.81. The topological polar surface area (TPSA) is 53.4 Å². The molecule has 4 aromatic rings. The lowest BCUT2D eigenvalue weighted by Gasteiger charge is -2.32. The predicted octanol–water partition coefficient (Wildman–Crippen LogP) is 5.85. The van der Waals surface area contributed by atoms with E-state index in [1.165, 1.54) is 17.3 Å². The number of carbonyl (C=O) groups excluding carboxylic acids is 1. The molecule has 0 aliphatic carbocycles. The number of nitrogens with zero attached hydrogens (tertiary/aromatic N) is 4. The maximum Gasteiger partial charge on any atom is 0.237 e. The first-order valence-electron chi connectivity index (χ1n) is 12.6. The summed E-state index contributed by atoms with van der Waals surface area (Å²) in [6.45, 7) is 9.02. The highest BCUT2D eigenvalue weighted by molar-refractivity contribution is 8.00. The van der Waals surface area contributed by atoms with Gasteiger partial charge in [-0.05, 0) is 62.4 Å². The Kier molecular flexibility index (Phi) is 7.86. The standard InChI is InChI=1S/C29H32ClN5OS/c1-20-12-13-24(23(30)18-20)31-28(36)21(2)37-29-32-25-9-5-7-11-27(25)35(29)26-10-6-4-8-22(26)19-34-16-14-33(3)15-17-34/h4-13,18,21H,14-17,19H2,1-3H3,(H,31,36)/t21-/m1/s1. The van der Waals surface area contributed by atoms with Gasteiger partial charge in [0.15, 0.2) is 5.16 Å². The molecule has 1 saturated heterocycles. The van der Waals surface area contributed by atoms with Gasteiger partial charge in [-0.15, -0.1) is 0 Å². The molecule has 1 amide bonds. The largest absolute Gasteiger partial charge is 0.324 e. The van der Waals surface area contributed by atoms with Crippen molar-refractivity contribution in [3.05, 3.63) is 82.9 Å². The van der Waals surface area contributed by atoms with Gasteiger partial charge < -0.3 is 10.2 Å². The molecule has 0 saturated carbocycles. The van der Waals surface area contributed by atoms with Crippen molar-refractivity contribution < 1.29 is 4.79 Å². The van der Waals surface area contributed by atoms with E-state index in [1.54, 1.807) is 0 Å². The number of carbonyl (C=O) groups is 1. The van der Waals surface area contributed by atoms with Gasteiger partial charge in [0.1, 0.15) is 0 Å². The minimum Gasteiger partial charge on any atom is -0.324 e. The number of thioether (sulfide) groups is 1. The Balaban J connectivity index is 1.44. The second-order valence-corrected chi connectivity index (χ2v) is 11.4. The van der Waals surface area contributed by atoms with Crippen LogP contribution in [0.1, 0.15) is 18.1 Å². The van der Waals surface area contributed by atoms with Crippen LogP contribution >= 0.6 is 23.4 Å². The van der Waals surface area contributed by atoms with Crippen molar-refractivity contribution in [3.8, 4) is 5.69 Å². The molecule has 1 atom stereocenters. The van der Waals surface area contributed by atoms with Crippen molar-refractivity contribution in [1.29, 1.82) is 0 Å². The van der Waals surface area contributed by atoms with Crippen molar-refractivity contribution in [2.75, 3.05) is 38.5 Å². The maximum absolute atomic E-state index is 13.1. The lowest BCUT2D eigenvalue weighted by Crippen LogP contribution is -2.44. The number of hydrogen-bond acceptors (Lipinski definition) is 5. The van der Waals surface area contributed by atoms with Crippen molar-refractivity contribution in [2.45, 2.75) is 30.8 Å². The molecule has 2 heterocycles. The average Bonchev–Trinajstić information content (AvgIpc) is 3.25. The van der Waals surface area contributed by atoms with E-state index in [9.17, 15) is 4.79 Å². The van der Waals surface area contributed by atoms with Crippen LogP contribution in [0.4, 0.5) is 5.69 Å². The molecule has 8 heteroatoms. The molecule has 0 bridgehead atoms. The van der Waals surface area contributed by atoms with Crippen molar-refractivity contribution in [3.63, 3.8) is 0 Å². The number of para-hydroxylation sites is 3. The first-order valence-corrected chi connectivity index (χ1v) is 13.8. The molecule has 3 aromatic carbocycles. The number of piperazine rings is 1. The van der Waals surface area contributed by atoms with Gasteiger partial charge in [-0.1, -0.05) is 59.8 Å². The summed E-state index contributed by atoms with van der Waals surface area (Å²) >= 11 is 7.82. The SMILES string of the molecule is Cc1ccc(NC(=O)[C@@H](C)Sc2nc3ccccc3n2-c2ccccc2CN2CCN(C)CC2)c(Cl)c1. The number of aryl methyl sites for hydroxylation is 1. The molecule has 1 fully saturated rings. The number of imidazole rings is 1. The number of rotatable bonds is 7. The number of fused-ring (bicyclic) bond motifs is 1. The third-order valence-electron chi connectivity index (χ3n) is 6.79. The van der Waals surface area contributed by atoms with E-state index in [0.717, 1.165) is 60.2 Å². The molecule has 0 radical (unpaired) electrons. The lowest BCUT2D eigenvalue weighted by molar-refractivity contribution is -0.115. The van der Waals surface area contributed by atoms with Crippen LogP contribution in [-0.2, 0) is 11.3 Å². The molecule has 6 nitrogen and oxygen atoms in total. The second kappa shape index (κ2) is 11.3. The number of aromatic nitrogens is 2. The van der Waals surface area contributed by atoms with Crippen LogP contribution in [-0.4, -0.2) is 63.7 Å². The number of anilines is 1. The maximum atomic E-state index is 13.1. The van der Waals surface area contributed by atoms with Crippen molar-refractivity contribution in [1.82, 2.24) is 19.4 Å². The fourth-order valence-electron chi connectivity index (χ4n) is 4.59. The van der Waals surface area contributed by atoms with Crippen molar-refractivity contribution >= 4 is 46.0 Å². The Morgan fingerprint density at radius 1 is 1.05 bits per heavy atom. The summed E-state index contributed by atoms with van der Waals surface area (Å²) in [6.07, 6.45) is 0. The third kappa shape index (κ3) is 5.85. The summed E-state index contributed by atoms with van der Waals surface area (Å²) in [5, 5.41) is 3.94. The zero-order chi connectivity index (χ0) is 25.9. The highest BCUT2D eigenvalue weighted by Crippen LogP contribution is 2.33. The first-order chi connectivity index (χ1) is 17.9. The molecule has 192 valence electrons. The van der Waals surface area contributed by atoms with E-state index in [4.69, 9.17) is 16.6 Å². The normalized spacial score (nSPS) is 15.7. The number of likely N-dealkylation sites (N-methyl/N-ethyl adjacent to an activating group) is 1. The summed E-state index contributed by atoms with van der Waals surface area (Å²) in [5.41, 5.74) is 5.97. The second-order valence-electron chi connectivity index (χ2n) is 9.66. The summed E-state index contributed by atoms with van der Waals surface area (Å²) in [6, 6.07) is 22.3. The van der Waals surface area contributed by atoms with E-state index in [-0.39, 0.29) is 11.2 Å². The van der Waals surface area contributed by atoms with Gasteiger partial charge in [-0.2, -0.15) is 0 Å². The minimum atomic E-state index is -0.377. The van der Waals surface area contributed by atoms with E-state index in [2.05, 4.69) is 57.1 Å². The number of hydrogen-bond donors (Lipinski definition) is 1. The van der Waals surface area contributed by atoms with Gasteiger partial charge in [0, 0.05) is 32.7 Å². The lowest BCUT2D eigenvalue weighted by atomic mass is 10.1. The highest BCUT2D eigenvalue weighted by atomic mass is 35.5. The van der Waals surface area contributed by atoms with Gasteiger partial charge in [-0.25, -0.2) is 4.98 Å². The minimum absolute atomic E-state index is 0.111. The van der Waals surface area contributed by atoms with Gasteiger partial charge >= 0.3 is 0 Å². The molecular formula is C29H32ClN5OS. The predicted molar refractivity (Wildman–Crippen MR) is 154 cm³/mol. The summed E-state index contributed by atoms with van der Waals surface area (Å²) in [7, 11) is 2.18. The van der Waals surface area contributed by atoms with Gasteiger partial charge in [0.05, 0.1) is 32.7 Å². The average molecular weight is 534 g/mol. The number of amides is 1. The van der Waals surface area contributed by atoms with Crippen LogP contribution in [0.3, 0.4) is 0 Å². The van der Waals surface area contributed by atoms with E-state index < -0.39 is 0 Å². The third-order valence-corrected chi connectivity index (χ3v) is 8.15. The molecule has 1 aromatic heterocycles. The zero-order valence-electron chi connectivity index (χ0n) is 21.4. The van der Waals surface area contributed by atoms with Crippen LogP contribution in [0.15, 0.2) is 71.9 Å². The molecule has 5 rings (SSSR count). The van der Waals surface area contributed by atoms with Gasteiger partial charge in [0.25, 0.3) is 0 Å². The molecular weight excluding hydrogens is 502 g/mol. The molecule has 0 unspecified atom stereocenters. The number of halogens is 1. The highest BCUT2D eigenvalue weighted by Gasteiger charge is 2.23. The van der Waals surface area contributed by atoms with Crippen LogP contribution in [0.25, 0.3) is 16.7 Å². The quantitative estimate of drug-likeness (QED) is 0.302. The Labute approximate surface area is 227 Å². The first kappa shape index (κ1) is 25.8. The molecule has 1 aliphatic rings. The van der Waals surface area contributed by atoms with E-state index >= 15 is 0 Å². The van der Waals surface area contributed by atoms with Crippen LogP contribution in [0, 0.1) is 6.92 Å². The van der Waals surface area contributed by atoms with Crippen LogP contribution in [0.5, 0.6) is 0 Å². The van der Waals surface area contributed by atoms with Crippen LogP contribution < -0.4 is 5.32 Å².